The molecule has 2 heterocycles. The zero-order valence-corrected chi connectivity index (χ0v) is 31.7. The van der Waals surface area contributed by atoms with E-state index in [0.29, 0.717) is 37.3 Å². The molecule has 0 saturated carbocycles. The van der Waals surface area contributed by atoms with Crippen LogP contribution in [0.5, 0.6) is 5.75 Å². The summed E-state index contributed by atoms with van der Waals surface area (Å²) in [6.45, 7) is 6.48. The number of carbonyl (C=O) groups is 1. The van der Waals surface area contributed by atoms with Crippen LogP contribution >= 0.6 is 61.5 Å². The van der Waals surface area contributed by atoms with E-state index < -0.39 is 12.0 Å². The average molecular weight is 854 g/mol. The van der Waals surface area contributed by atoms with Gasteiger partial charge in [0.2, 0.25) is 0 Å². The highest BCUT2D eigenvalue weighted by atomic mass is 127. The second kappa shape index (κ2) is 14.9. The van der Waals surface area contributed by atoms with Crippen molar-refractivity contribution in [1.29, 1.82) is 0 Å². The van der Waals surface area contributed by atoms with E-state index in [4.69, 9.17) is 26.1 Å². The van der Waals surface area contributed by atoms with Crippen LogP contribution in [0.3, 0.4) is 0 Å². The van der Waals surface area contributed by atoms with Crippen molar-refractivity contribution in [2.24, 2.45) is 4.99 Å². The van der Waals surface area contributed by atoms with Gasteiger partial charge < -0.3 is 9.47 Å². The van der Waals surface area contributed by atoms with Gasteiger partial charge in [0.25, 0.3) is 5.56 Å². The minimum atomic E-state index is -0.752. The predicted octanol–water partition coefficient (Wildman–Crippen LogP) is 8.66. The summed E-state index contributed by atoms with van der Waals surface area (Å²) >= 11 is 13.5. The molecule has 0 saturated heterocycles. The standard InChI is InChI=1S/C38H31BrClIN2O4S/c1-4-46-37(45)32-33(24-10-6-5-7-11-24)42-38-43(34(32)25-16-14-23(15-17-25)22(2)3)36(44)31(48-38)19-27-18-28(39)20-30(41)35(27)47-21-26-12-8-9-13-29(26)40/h5-20,22,34H,4,21H2,1-3H3/b31-19-/t34-/m1/s1. The van der Waals surface area contributed by atoms with Crippen molar-refractivity contribution in [3.63, 3.8) is 0 Å². The van der Waals surface area contributed by atoms with Crippen LogP contribution in [0.15, 0.2) is 111 Å². The van der Waals surface area contributed by atoms with Crippen molar-refractivity contribution < 1.29 is 14.3 Å². The van der Waals surface area contributed by atoms with Gasteiger partial charge >= 0.3 is 5.97 Å². The molecule has 48 heavy (non-hydrogen) atoms. The minimum Gasteiger partial charge on any atom is -0.487 e. The summed E-state index contributed by atoms with van der Waals surface area (Å²) in [5.41, 5.74) is 4.82. The highest BCUT2D eigenvalue weighted by Crippen LogP contribution is 2.36. The second-order valence-electron chi connectivity index (χ2n) is 11.4. The zero-order chi connectivity index (χ0) is 33.9. The van der Waals surface area contributed by atoms with Crippen LogP contribution in [0.4, 0.5) is 0 Å². The lowest BCUT2D eigenvalue weighted by molar-refractivity contribution is -0.138. The summed E-state index contributed by atoms with van der Waals surface area (Å²) in [5, 5.41) is 0.618. The molecule has 0 unspecified atom stereocenters. The maximum absolute atomic E-state index is 14.5. The molecule has 1 atom stereocenters. The molecule has 1 aromatic heterocycles. The maximum atomic E-state index is 14.5. The van der Waals surface area contributed by atoms with E-state index in [-0.39, 0.29) is 18.8 Å². The number of halogens is 3. The summed E-state index contributed by atoms with van der Waals surface area (Å²) < 4.78 is 15.7. The Labute approximate surface area is 309 Å². The lowest BCUT2D eigenvalue weighted by atomic mass is 9.91. The molecule has 1 aliphatic rings. The Bertz CT molecular complexity index is 2210. The number of hydrogen-bond donors (Lipinski definition) is 0. The smallest absolute Gasteiger partial charge is 0.338 e. The number of carbonyl (C=O) groups excluding carboxylic acids is 1. The van der Waals surface area contributed by atoms with E-state index in [1.165, 1.54) is 11.3 Å². The monoisotopic (exact) mass is 852 g/mol. The topological polar surface area (TPSA) is 69.9 Å². The van der Waals surface area contributed by atoms with Crippen LogP contribution in [-0.4, -0.2) is 17.1 Å². The van der Waals surface area contributed by atoms with Gasteiger partial charge in [-0.1, -0.05) is 126 Å². The predicted molar refractivity (Wildman–Crippen MR) is 204 cm³/mol. The van der Waals surface area contributed by atoms with E-state index in [1.54, 1.807) is 11.5 Å². The van der Waals surface area contributed by atoms with Crippen LogP contribution in [0.1, 0.15) is 60.5 Å². The van der Waals surface area contributed by atoms with Gasteiger partial charge in [-0.25, -0.2) is 9.79 Å². The van der Waals surface area contributed by atoms with Crippen molar-refractivity contribution in [3.05, 3.63) is 157 Å². The molecule has 0 N–H and O–H groups in total. The number of nitrogens with zero attached hydrogens (tertiary/aromatic N) is 2. The second-order valence-corrected chi connectivity index (χ2v) is 14.9. The first-order valence-electron chi connectivity index (χ1n) is 15.4. The quantitative estimate of drug-likeness (QED) is 0.110. The minimum absolute atomic E-state index is 0.187. The molecule has 244 valence electrons. The van der Waals surface area contributed by atoms with Crippen molar-refractivity contribution in [2.45, 2.75) is 39.3 Å². The number of ether oxygens (including phenoxy) is 2. The van der Waals surface area contributed by atoms with Gasteiger partial charge in [0.1, 0.15) is 12.4 Å². The maximum Gasteiger partial charge on any atom is 0.338 e. The summed E-state index contributed by atoms with van der Waals surface area (Å²) in [7, 11) is 0. The fourth-order valence-electron chi connectivity index (χ4n) is 5.57. The van der Waals surface area contributed by atoms with Crippen LogP contribution < -0.4 is 19.6 Å². The Morgan fingerprint density at radius 1 is 1.06 bits per heavy atom. The van der Waals surface area contributed by atoms with Gasteiger partial charge in [0.05, 0.1) is 32.0 Å². The summed E-state index contributed by atoms with van der Waals surface area (Å²) in [5.74, 6) is 0.440. The van der Waals surface area contributed by atoms with Crippen LogP contribution in [0, 0.1) is 3.57 Å². The highest BCUT2D eigenvalue weighted by molar-refractivity contribution is 14.1. The third-order valence-electron chi connectivity index (χ3n) is 7.95. The Balaban J connectivity index is 1.56. The SMILES string of the molecule is CCOC(=O)C1=C(c2ccccc2)N=c2s/c(=C\c3cc(Br)cc(I)c3OCc3ccccc3Cl)c(=O)n2[C@@H]1c1ccc(C(C)C)cc1. The number of benzene rings is 4. The van der Waals surface area contributed by atoms with Gasteiger partial charge in [-0.15, -0.1) is 0 Å². The van der Waals surface area contributed by atoms with Crippen LogP contribution in [0.25, 0.3) is 11.8 Å². The van der Waals surface area contributed by atoms with Gasteiger partial charge in [-0.05, 0) is 70.8 Å². The van der Waals surface area contributed by atoms with E-state index >= 15 is 0 Å². The molecule has 0 spiro atoms. The summed E-state index contributed by atoms with van der Waals surface area (Å²) in [6.07, 6.45) is 1.83. The first-order chi connectivity index (χ1) is 23.2. The number of hydrogen-bond acceptors (Lipinski definition) is 6. The number of esters is 1. The summed E-state index contributed by atoms with van der Waals surface area (Å²) in [6, 6.07) is 28.3. The lowest BCUT2D eigenvalue weighted by Gasteiger charge is -2.26. The van der Waals surface area contributed by atoms with E-state index in [1.807, 2.05) is 97.1 Å². The van der Waals surface area contributed by atoms with Gasteiger partial charge in [0, 0.05) is 26.2 Å². The number of thiazole rings is 1. The first kappa shape index (κ1) is 34.4. The van der Waals surface area contributed by atoms with Crippen molar-refractivity contribution in [1.82, 2.24) is 4.57 Å². The van der Waals surface area contributed by atoms with E-state index in [2.05, 4.69) is 52.4 Å². The Morgan fingerprint density at radius 3 is 2.46 bits per heavy atom. The van der Waals surface area contributed by atoms with E-state index in [0.717, 1.165) is 35.9 Å². The molecule has 0 bridgehead atoms. The molecule has 10 heteroatoms. The van der Waals surface area contributed by atoms with Crippen LogP contribution in [-0.2, 0) is 16.1 Å². The normalized spacial score (nSPS) is 14.6. The third kappa shape index (κ3) is 7.10. The first-order valence-corrected chi connectivity index (χ1v) is 18.5. The number of fused-ring (bicyclic) bond motifs is 1. The molecular weight excluding hydrogens is 823 g/mol. The molecule has 6 nitrogen and oxygen atoms in total. The van der Waals surface area contributed by atoms with Crippen molar-refractivity contribution >= 4 is 79.2 Å². The fourth-order valence-corrected chi connectivity index (χ4v) is 8.45. The van der Waals surface area contributed by atoms with Gasteiger partial charge in [-0.3, -0.25) is 9.36 Å². The molecule has 1 aliphatic heterocycles. The lowest BCUT2D eigenvalue weighted by Crippen LogP contribution is -2.40. The highest BCUT2D eigenvalue weighted by Gasteiger charge is 2.35. The number of rotatable bonds is 9. The molecule has 0 amide bonds. The Kier molecular flexibility index (Phi) is 10.7. The average Bonchev–Trinajstić information content (AvgIpc) is 3.38. The molecule has 0 aliphatic carbocycles. The molecule has 4 aromatic carbocycles. The van der Waals surface area contributed by atoms with Crippen molar-refractivity contribution in [2.75, 3.05) is 6.61 Å². The fraction of sp³-hybridized carbons (Fsp3) is 0.184. The molecule has 0 radical (unpaired) electrons. The summed E-state index contributed by atoms with van der Waals surface area (Å²) in [4.78, 5) is 33.7. The molecule has 5 aromatic rings. The molecular formula is C38H31BrClIN2O4S. The van der Waals surface area contributed by atoms with Crippen molar-refractivity contribution in [3.8, 4) is 5.75 Å². The number of aromatic nitrogens is 1. The third-order valence-corrected chi connectivity index (χ3v) is 10.6. The Morgan fingerprint density at radius 2 is 1.77 bits per heavy atom. The van der Waals surface area contributed by atoms with E-state index in [9.17, 15) is 9.59 Å². The molecule has 6 rings (SSSR count). The van der Waals surface area contributed by atoms with Crippen LogP contribution in [0.2, 0.25) is 5.02 Å². The van der Waals surface area contributed by atoms with Gasteiger partial charge in [0.15, 0.2) is 4.80 Å². The molecule has 0 fully saturated rings. The Hall–Kier alpha value is -3.51. The van der Waals surface area contributed by atoms with Gasteiger partial charge in [-0.2, -0.15) is 0 Å². The largest absolute Gasteiger partial charge is 0.487 e. The zero-order valence-electron chi connectivity index (χ0n) is 26.4.